The molecule has 1 aliphatic rings. The maximum absolute atomic E-state index is 13.4. The van der Waals surface area contributed by atoms with E-state index in [1.54, 1.807) is 55.5 Å². The van der Waals surface area contributed by atoms with Gasteiger partial charge in [0.15, 0.2) is 5.76 Å². The van der Waals surface area contributed by atoms with E-state index in [-0.39, 0.29) is 22.9 Å². The Hall–Kier alpha value is -3.93. The highest BCUT2D eigenvalue weighted by atomic mass is 19.1. The van der Waals surface area contributed by atoms with Crippen molar-refractivity contribution in [2.45, 2.75) is 6.92 Å². The summed E-state index contributed by atoms with van der Waals surface area (Å²) in [4.78, 5) is 25.3. The Labute approximate surface area is 172 Å². The van der Waals surface area contributed by atoms with Crippen LogP contribution in [0.4, 0.5) is 4.39 Å². The number of allylic oxidation sites excluding steroid dienone is 1. The predicted octanol–water partition coefficient (Wildman–Crippen LogP) is 4.98. The quantitative estimate of drug-likeness (QED) is 0.349. The van der Waals surface area contributed by atoms with Crippen molar-refractivity contribution in [2.24, 2.45) is 0 Å². The lowest BCUT2D eigenvalue weighted by Gasteiger charge is -2.11. The van der Waals surface area contributed by atoms with Crippen LogP contribution in [-0.4, -0.2) is 18.9 Å². The van der Waals surface area contributed by atoms with Gasteiger partial charge in [-0.2, -0.15) is 0 Å². The number of carbonyl (C=O) groups is 2. The van der Waals surface area contributed by atoms with E-state index in [4.69, 9.17) is 14.2 Å². The van der Waals surface area contributed by atoms with Gasteiger partial charge in [-0.3, -0.25) is 4.79 Å². The van der Waals surface area contributed by atoms with Gasteiger partial charge in [-0.1, -0.05) is 24.3 Å². The Bertz CT molecular complexity index is 1200. The summed E-state index contributed by atoms with van der Waals surface area (Å²) in [6.07, 6.45) is 1.48. The summed E-state index contributed by atoms with van der Waals surface area (Å²) in [5.41, 5.74) is 1.65. The molecule has 0 saturated heterocycles. The molecule has 3 aromatic rings. The lowest BCUT2D eigenvalue weighted by Crippen LogP contribution is -2.11. The van der Waals surface area contributed by atoms with Gasteiger partial charge in [0.2, 0.25) is 5.78 Å². The zero-order chi connectivity index (χ0) is 21.3. The molecule has 0 N–H and O–H groups in total. The number of hydrogen-bond acceptors (Lipinski definition) is 5. The zero-order valence-electron chi connectivity index (χ0n) is 16.3. The summed E-state index contributed by atoms with van der Waals surface area (Å²) in [6.45, 7) is 1.70. The molecular weight excluding hydrogens is 387 g/mol. The van der Waals surface area contributed by atoms with Gasteiger partial charge < -0.3 is 14.2 Å². The van der Waals surface area contributed by atoms with E-state index in [1.165, 1.54) is 25.3 Å². The summed E-state index contributed by atoms with van der Waals surface area (Å²) >= 11 is 0. The Kier molecular flexibility index (Phi) is 5.06. The maximum atomic E-state index is 13.4. The number of hydrogen-bond donors (Lipinski definition) is 0. The van der Waals surface area contributed by atoms with Crippen LogP contribution in [0.5, 0.6) is 17.2 Å². The Morgan fingerprint density at radius 3 is 2.60 bits per heavy atom. The zero-order valence-corrected chi connectivity index (χ0v) is 16.3. The molecule has 0 amide bonds. The summed E-state index contributed by atoms with van der Waals surface area (Å²) in [7, 11) is 1.47. The van der Waals surface area contributed by atoms with Crippen LogP contribution in [0.15, 0.2) is 66.4 Å². The second-order valence-electron chi connectivity index (χ2n) is 6.65. The van der Waals surface area contributed by atoms with E-state index >= 15 is 0 Å². The first kappa shape index (κ1) is 19.4. The first-order chi connectivity index (χ1) is 14.5. The van der Waals surface area contributed by atoms with Crippen molar-refractivity contribution in [3.05, 3.63) is 94.5 Å². The summed E-state index contributed by atoms with van der Waals surface area (Å²) in [5, 5.41) is 0. The summed E-state index contributed by atoms with van der Waals surface area (Å²) in [6, 6.07) is 15.7. The number of Topliss-reactive ketones (excluding diaryl/α,β-unsaturated/α-hetero) is 1. The number of esters is 1. The number of halogens is 1. The third-order valence-electron chi connectivity index (χ3n) is 4.71. The first-order valence-electron chi connectivity index (χ1n) is 9.16. The van der Waals surface area contributed by atoms with Crippen molar-refractivity contribution < 1.29 is 28.2 Å². The molecule has 0 saturated carbocycles. The SMILES string of the molecule is COc1ccccc1C(=O)Oc1ccc2c(c1C)O/C(=C\c1cccc(F)c1)C2=O. The van der Waals surface area contributed by atoms with E-state index in [2.05, 4.69) is 0 Å². The maximum Gasteiger partial charge on any atom is 0.347 e. The monoisotopic (exact) mass is 404 g/mol. The average molecular weight is 404 g/mol. The summed E-state index contributed by atoms with van der Waals surface area (Å²) in [5.74, 6) is -0.262. The van der Waals surface area contributed by atoms with Gasteiger partial charge in [0.05, 0.1) is 12.7 Å². The van der Waals surface area contributed by atoms with Gasteiger partial charge in [-0.15, -0.1) is 0 Å². The minimum absolute atomic E-state index is 0.0758. The highest BCUT2D eigenvalue weighted by Gasteiger charge is 2.30. The van der Waals surface area contributed by atoms with Crippen molar-refractivity contribution in [3.8, 4) is 17.2 Å². The molecule has 30 heavy (non-hydrogen) atoms. The standard InChI is InChI=1S/C24H17FO5/c1-14-19(30-24(27)17-8-3-4-9-20(17)28-2)11-10-18-22(26)21(29-23(14)18)13-15-6-5-7-16(25)12-15/h3-13H,1-2H3/b21-13-. The van der Waals surface area contributed by atoms with Gasteiger partial charge in [0.25, 0.3) is 0 Å². The molecule has 0 atom stereocenters. The van der Waals surface area contributed by atoms with Gasteiger partial charge in [-0.25, -0.2) is 9.18 Å². The number of para-hydroxylation sites is 1. The van der Waals surface area contributed by atoms with Gasteiger partial charge in [0.1, 0.15) is 28.6 Å². The van der Waals surface area contributed by atoms with E-state index in [0.29, 0.717) is 28.2 Å². The Morgan fingerprint density at radius 2 is 1.83 bits per heavy atom. The predicted molar refractivity (Wildman–Crippen MR) is 108 cm³/mol. The highest BCUT2D eigenvalue weighted by molar-refractivity contribution is 6.15. The van der Waals surface area contributed by atoms with E-state index in [0.717, 1.165) is 0 Å². The lowest BCUT2D eigenvalue weighted by atomic mass is 10.1. The smallest absolute Gasteiger partial charge is 0.347 e. The topological polar surface area (TPSA) is 61.8 Å². The number of rotatable bonds is 4. The molecule has 0 bridgehead atoms. The van der Waals surface area contributed by atoms with Crippen LogP contribution in [0.3, 0.4) is 0 Å². The fourth-order valence-corrected chi connectivity index (χ4v) is 3.19. The molecule has 0 aliphatic carbocycles. The Balaban J connectivity index is 1.63. The minimum Gasteiger partial charge on any atom is -0.496 e. The minimum atomic E-state index is -0.588. The average Bonchev–Trinajstić information content (AvgIpc) is 3.06. The molecule has 0 unspecified atom stereocenters. The van der Waals surface area contributed by atoms with Crippen molar-refractivity contribution in [3.63, 3.8) is 0 Å². The largest absolute Gasteiger partial charge is 0.496 e. The fourth-order valence-electron chi connectivity index (χ4n) is 3.19. The van der Waals surface area contributed by atoms with Crippen molar-refractivity contribution in [2.75, 3.05) is 7.11 Å². The van der Waals surface area contributed by atoms with Crippen molar-refractivity contribution in [1.82, 2.24) is 0 Å². The molecular formula is C24H17FO5. The molecule has 1 aliphatic heterocycles. The molecule has 3 aromatic carbocycles. The van der Waals surface area contributed by atoms with E-state index in [1.807, 2.05) is 0 Å². The van der Waals surface area contributed by atoms with E-state index < -0.39 is 11.8 Å². The van der Waals surface area contributed by atoms with Crippen LogP contribution >= 0.6 is 0 Å². The molecule has 0 fully saturated rings. The summed E-state index contributed by atoms with van der Waals surface area (Å²) < 4.78 is 29.9. The number of fused-ring (bicyclic) bond motifs is 1. The molecule has 1 heterocycles. The second kappa shape index (κ2) is 7.83. The highest BCUT2D eigenvalue weighted by Crippen LogP contribution is 2.39. The van der Waals surface area contributed by atoms with Crippen LogP contribution in [0, 0.1) is 12.7 Å². The van der Waals surface area contributed by atoms with Crippen LogP contribution in [0.25, 0.3) is 6.08 Å². The fraction of sp³-hybridized carbons (Fsp3) is 0.0833. The first-order valence-corrected chi connectivity index (χ1v) is 9.16. The van der Waals surface area contributed by atoms with Crippen LogP contribution in [0.1, 0.15) is 31.8 Å². The third-order valence-corrected chi connectivity index (χ3v) is 4.71. The Morgan fingerprint density at radius 1 is 1.03 bits per heavy atom. The number of ether oxygens (including phenoxy) is 3. The van der Waals surface area contributed by atoms with Crippen LogP contribution in [0.2, 0.25) is 0 Å². The molecule has 0 radical (unpaired) electrons. The molecule has 0 spiro atoms. The molecule has 6 heteroatoms. The lowest BCUT2D eigenvalue weighted by molar-refractivity contribution is 0.0729. The number of carbonyl (C=O) groups excluding carboxylic acids is 2. The van der Waals surface area contributed by atoms with Gasteiger partial charge in [-0.05, 0) is 55.0 Å². The van der Waals surface area contributed by atoms with Gasteiger partial charge in [0, 0.05) is 5.56 Å². The number of methoxy groups -OCH3 is 1. The molecule has 4 rings (SSSR count). The number of benzene rings is 3. The molecule has 0 aromatic heterocycles. The van der Waals surface area contributed by atoms with E-state index in [9.17, 15) is 14.0 Å². The van der Waals surface area contributed by atoms with Crippen LogP contribution in [-0.2, 0) is 0 Å². The third kappa shape index (κ3) is 3.55. The van der Waals surface area contributed by atoms with Crippen LogP contribution < -0.4 is 14.2 Å². The molecule has 150 valence electrons. The van der Waals surface area contributed by atoms with Crippen molar-refractivity contribution >= 4 is 17.8 Å². The normalized spacial score (nSPS) is 13.7. The number of ketones is 1. The second-order valence-corrected chi connectivity index (χ2v) is 6.65. The van der Waals surface area contributed by atoms with Gasteiger partial charge >= 0.3 is 5.97 Å². The van der Waals surface area contributed by atoms with Crippen molar-refractivity contribution in [1.29, 1.82) is 0 Å². The molecule has 5 nitrogen and oxygen atoms in total.